The molecule has 1 aromatic carbocycles. The summed E-state index contributed by atoms with van der Waals surface area (Å²) in [4.78, 5) is 6.56. The highest BCUT2D eigenvalue weighted by Gasteiger charge is 2.02. The van der Waals surface area contributed by atoms with Gasteiger partial charge in [-0.05, 0) is 37.2 Å². The topological polar surface area (TPSA) is 66.7 Å². The van der Waals surface area contributed by atoms with Gasteiger partial charge in [-0.3, -0.25) is 4.99 Å². The van der Waals surface area contributed by atoms with Crippen molar-refractivity contribution < 1.29 is 4.74 Å². The normalized spacial score (nSPS) is 11.3. The lowest BCUT2D eigenvalue weighted by atomic mass is 10.2. The van der Waals surface area contributed by atoms with Crippen molar-refractivity contribution in [2.24, 2.45) is 4.99 Å². The molecule has 0 amide bonds. The molecule has 0 saturated carbocycles. The molecule has 0 aliphatic rings. The predicted octanol–water partition coefficient (Wildman–Crippen LogP) is 2.12. The van der Waals surface area contributed by atoms with E-state index in [0.717, 1.165) is 50.9 Å². The van der Waals surface area contributed by atoms with Gasteiger partial charge in [0.2, 0.25) is 0 Å². The van der Waals surface area contributed by atoms with Crippen LogP contribution in [0, 0.1) is 0 Å². The number of aliphatic imine (C=N–C) groups is 1. The molecule has 2 N–H and O–H groups in total. The first-order chi connectivity index (χ1) is 12.7. The molecule has 1 aromatic heterocycles. The molecule has 0 fully saturated rings. The second-order valence-corrected chi connectivity index (χ2v) is 6.12. The van der Waals surface area contributed by atoms with Gasteiger partial charge in [0, 0.05) is 59.3 Å². The van der Waals surface area contributed by atoms with E-state index in [1.165, 1.54) is 5.56 Å². The van der Waals surface area contributed by atoms with E-state index in [0.29, 0.717) is 0 Å². The van der Waals surface area contributed by atoms with Crippen LogP contribution in [-0.4, -0.2) is 68.1 Å². The van der Waals surface area contributed by atoms with Crippen LogP contribution in [0.1, 0.15) is 12.0 Å². The van der Waals surface area contributed by atoms with Crippen LogP contribution in [0.3, 0.4) is 0 Å². The number of halogens is 1. The summed E-state index contributed by atoms with van der Waals surface area (Å²) in [5.41, 5.74) is 2.25. The summed E-state index contributed by atoms with van der Waals surface area (Å²) in [6.45, 7) is 4.37. The third-order valence-electron chi connectivity index (χ3n) is 4.06. The summed E-state index contributed by atoms with van der Waals surface area (Å²) in [5.74, 6) is 0.812. The number of hydrogen-bond acceptors (Lipinski definition) is 4. The minimum absolute atomic E-state index is 0. The summed E-state index contributed by atoms with van der Waals surface area (Å²) >= 11 is 0. The highest BCUT2D eigenvalue weighted by atomic mass is 127. The Morgan fingerprint density at radius 1 is 1.22 bits per heavy atom. The second-order valence-electron chi connectivity index (χ2n) is 6.12. The van der Waals surface area contributed by atoms with E-state index in [2.05, 4.69) is 56.9 Å². The zero-order valence-corrected chi connectivity index (χ0v) is 18.7. The molecule has 0 atom stereocenters. The van der Waals surface area contributed by atoms with Crippen LogP contribution < -0.4 is 10.6 Å². The molecule has 150 valence electrons. The minimum Gasteiger partial charge on any atom is -0.385 e. The van der Waals surface area contributed by atoms with Crippen molar-refractivity contribution in [3.05, 3.63) is 48.3 Å². The van der Waals surface area contributed by atoms with Gasteiger partial charge in [-0.1, -0.05) is 12.1 Å². The number of benzene rings is 1. The Kier molecular flexibility index (Phi) is 11.7. The molecule has 0 saturated heterocycles. The van der Waals surface area contributed by atoms with Crippen molar-refractivity contribution in [2.45, 2.75) is 13.0 Å². The van der Waals surface area contributed by atoms with E-state index < -0.39 is 0 Å². The smallest absolute Gasteiger partial charge is 0.191 e. The van der Waals surface area contributed by atoms with Crippen molar-refractivity contribution >= 4 is 29.9 Å². The number of rotatable bonds is 10. The maximum Gasteiger partial charge on any atom is 0.191 e. The monoisotopic (exact) mass is 486 g/mol. The van der Waals surface area contributed by atoms with Crippen molar-refractivity contribution in [3.8, 4) is 5.69 Å². The zero-order chi connectivity index (χ0) is 18.6. The largest absolute Gasteiger partial charge is 0.385 e. The molecule has 2 rings (SSSR count). The Bertz CT molecular complexity index is 645. The third kappa shape index (κ3) is 8.72. The van der Waals surface area contributed by atoms with Gasteiger partial charge < -0.3 is 20.3 Å². The van der Waals surface area contributed by atoms with Crippen LogP contribution in [-0.2, 0) is 11.3 Å². The maximum absolute atomic E-state index is 5.08. The summed E-state index contributed by atoms with van der Waals surface area (Å²) in [5, 5.41) is 10.9. The Morgan fingerprint density at radius 2 is 2.00 bits per heavy atom. The van der Waals surface area contributed by atoms with E-state index in [1.807, 2.05) is 16.9 Å². The van der Waals surface area contributed by atoms with Crippen molar-refractivity contribution in [1.82, 2.24) is 25.3 Å². The molecular weight excluding hydrogens is 455 g/mol. The number of guanidine groups is 1. The summed E-state index contributed by atoms with van der Waals surface area (Å²) in [7, 11) is 5.65. The molecule has 7 nitrogen and oxygen atoms in total. The number of methoxy groups -OCH3 is 1. The SMILES string of the molecule is CN=C(NCCN(C)CCCOC)NCc1ccc(-n2cccn2)cc1.I. The predicted molar refractivity (Wildman–Crippen MR) is 121 cm³/mol. The van der Waals surface area contributed by atoms with Crippen LogP contribution in [0.25, 0.3) is 5.69 Å². The number of ether oxygens (including phenoxy) is 1. The molecule has 27 heavy (non-hydrogen) atoms. The summed E-state index contributed by atoms with van der Waals surface area (Å²) < 4.78 is 6.93. The van der Waals surface area contributed by atoms with Crippen LogP contribution in [0.4, 0.5) is 0 Å². The summed E-state index contributed by atoms with van der Waals surface area (Å²) in [6.07, 6.45) is 4.76. The van der Waals surface area contributed by atoms with Crippen molar-refractivity contribution in [2.75, 3.05) is 47.4 Å². The molecular formula is C19H31IN6O. The fourth-order valence-corrected chi connectivity index (χ4v) is 2.55. The molecule has 1 heterocycles. The Balaban J connectivity index is 0.00000364. The minimum atomic E-state index is 0. The Labute approximate surface area is 179 Å². The van der Waals surface area contributed by atoms with E-state index in [1.54, 1.807) is 20.4 Å². The van der Waals surface area contributed by atoms with Crippen molar-refractivity contribution in [1.29, 1.82) is 0 Å². The van der Waals surface area contributed by atoms with Crippen LogP contribution in [0.2, 0.25) is 0 Å². The van der Waals surface area contributed by atoms with Gasteiger partial charge in [0.25, 0.3) is 0 Å². The first-order valence-electron chi connectivity index (χ1n) is 8.94. The molecule has 0 unspecified atom stereocenters. The Hall–Kier alpha value is -1.65. The number of likely N-dealkylation sites (N-methyl/N-ethyl adjacent to an activating group) is 1. The van der Waals surface area contributed by atoms with Gasteiger partial charge in [0.15, 0.2) is 5.96 Å². The van der Waals surface area contributed by atoms with Gasteiger partial charge in [-0.15, -0.1) is 24.0 Å². The van der Waals surface area contributed by atoms with E-state index in [9.17, 15) is 0 Å². The van der Waals surface area contributed by atoms with E-state index >= 15 is 0 Å². The van der Waals surface area contributed by atoms with Gasteiger partial charge in [-0.25, -0.2) is 4.68 Å². The molecule has 0 aliphatic heterocycles. The Morgan fingerprint density at radius 3 is 2.63 bits per heavy atom. The number of nitrogens with one attached hydrogen (secondary N) is 2. The lowest BCUT2D eigenvalue weighted by Gasteiger charge is -2.18. The molecule has 0 spiro atoms. The fourth-order valence-electron chi connectivity index (χ4n) is 2.55. The van der Waals surface area contributed by atoms with Gasteiger partial charge in [0.05, 0.1) is 5.69 Å². The first kappa shape index (κ1) is 23.4. The first-order valence-corrected chi connectivity index (χ1v) is 8.94. The van der Waals surface area contributed by atoms with Gasteiger partial charge >= 0.3 is 0 Å². The average molecular weight is 486 g/mol. The fraction of sp³-hybridized carbons (Fsp3) is 0.474. The molecule has 8 heteroatoms. The number of hydrogen-bond donors (Lipinski definition) is 2. The number of nitrogens with zero attached hydrogens (tertiary/aromatic N) is 4. The lowest BCUT2D eigenvalue weighted by Crippen LogP contribution is -2.40. The van der Waals surface area contributed by atoms with Crippen LogP contribution in [0.15, 0.2) is 47.7 Å². The highest BCUT2D eigenvalue weighted by molar-refractivity contribution is 14.0. The molecule has 0 radical (unpaired) electrons. The van der Waals surface area contributed by atoms with Crippen LogP contribution >= 0.6 is 24.0 Å². The van der Waals surface area contributed by atoms with E-state index in [4.69, 9.17) is 4.74 Å². The van der Waals surface area contributed by atoms with Crippen molar-refractivity contribution in [3.63, 3.8) is 0 Å². The average Bonchev–Trinajstić information content (AvgIpc) is 3.20. The molecule has 2 aromatic rings. The maximum atomic E-state index is 5.08. The second kappa shape index (κ2) is 13.5. The third-order valence-corrected chi connectivity index (χ3v) is 4.06. The lowest BCUT2D eigenvalue weighted by molar-refractivity contribution is 0.180. The van der Waals surface area contributed by atoms with Gasteiger partial charge in [-0.2, -0.15) is 5.10 Å². The highest BCUT2D eigenvalue weighted by Crippen LogP contribution is 2.08. The zero-order valence-electron chi connectivity index (χ0n) is 16.4. The standard InChI is InChI=1S/C19H30N6O.HI/c1-20-19(21-11-14-24(2)12-5-15-26-3)22-16-17-6-8-18(9-7-17)25-13-4-10-23-25;/h4,6-10,13H,5,11-12,14-16H2,1-3H3,(H2,20,21,22);1H. The number of aromatic nitrogens is 2. The summed E-state index contributed by atoms with van der Waals surface area (Å²) in [6, 6.07) is 10.2. The molecule has 0 aliphatic carbocycles. The van der Waals surface area contributed by atoms with Crippen LogP contribution in [0.5, 0.6) is 0 Å². The van der Waals surface area contributed by atoms with E-state index in [-0.39, 0.29) is 24.0 Å². The van der Waals surface area contributed by atoms with Gasteiger partial charge in [0.1, 0.15) is 0 Å². The quantitative estimate of drug-likeness (QED) is 0.233. The molecule has 0 bridgehead atoms.